The highest BCUT2D eigenvalue weighted by atomic mass is 32.2. The molecule has 3 rings (SSSR count). The Hall–Kier alpha value is -2.27. The summed E-state index contributed by atoms with van der Waals surface area (Å²) in [6.07, 6.45) is 0. The van der Waals surface area contributed by atoms with Gasteiger partial charge in [-0.05, 0) is 24.3 Å². The van der Waals surface area contributed by atoms with Gasteiger partial charge in [-0.15, -0.1) is 11.8 Å². The molecule has 2 aromatic rings. The number of carbonyl (C=O) groups is 2. The molecule has 0 fully saturated rings. The maximum Gasteiger partial charge on any atom is 0.251 e. The van der Waals surface area contributed by atoms with Crippen LogP contribution in [0.1, 0.15) is 10.4 Å². The van der Waals surface area contributed by atoms with Crippen molar-refractivity contribution in [2.75, 3.05) is 23.7 Å². The van der Waals surface area contributed by atoms with Crippen molar-refractivity contribution in [3.63, 3.8) is 0 Å². The maximum absolute atomic E-state index is 12.4. The van der Waals surface area contributed by atoms with Crippen LogP contribution in [0.4, 0.5) is 5.69 Å². The van der Waals surface area contributed by atoms with E-state index in [1.807, 2.05) is 30.3 Å². The van der Waals surface area contributed by atoms with Crippen LogP contribution in [0.15, 0.2) is 59.5 Å². The van der Waals surface area contributed by atoms with Crippen molar-refractivity contribution >= 4 is 29.3 Å². The minimum atomic E-state index is -0.228. The number of anilines is 1. The number of nitrogens with one attached hydrogen (secondary N) is 1. The Kier molecular flexibility index (Phi) is 4.44. The first-order chi connectivity index (χ1) is 10.8. The van der Waals surface area contributed by atoms with Crippen LogP contribution in [0.3, 0.4) is 0 Å². The molecule has 0 spiro atoms. The molecule has 0 aliphatic carbocycles. The van der Waals surface area contributed by atoms with Gasteiger partial charge in [-0.2, -0.15) is 0 Å². The van der Waals surface area contributed by atoms with E-state index < -0.39 is 0 Å². The Labute approximate surface area is 133 Å². The summed E-state index contributed by atoms with van der Waals surface area (Å²) in [4.78, 5) is 27.2. The summed E-state index contributed by atoms with van der Waals surface area (Å²) in [5.41, 5.74) is 1.49. The molecule has 0 saturated carbocycles. The molecule has 112 valence electrons. The van der Waals surface area contributed by atoms with Gasteiger partial charge >= 0.3 is 0 Å². The third-order valence-electron chi connectivity index (χ3n) is 3.47. The van der Waals surface area contributed by atoms with E-state index in [9.17, 15) is 9.59 Å². The molecule has 2 aromatic carbocycles. The zero-order valence-corrected chi connectivity index (χ0v) is 12.8. The van der Waals surface area contributed by atoms with Crippen molar-refractivity contribution in [2.45, 2.75) is 4.90 Å². The fourth-order valence-corrected chi connectivity index (χ4v) is 3.37. The number of carbonyl (C=O) groups excluding carboxylic acids is 2. The van der Waals surface area contributed by atoms with Crippen LogP contribution >= 0.6 is 11.8 Å². The van der Waals surface area contributed by atoms with Gasteiger partial charge in [0, 0.05) is 22.8 Å². The van der Waals surface area contributed by atoms with Crippen LogP contribution in [-0.4, -0.2) is 30.7 Å². The molecular weight excluding hydrogens is 296 g/mol. The summed E-state index contributed by atoms with van der Waals surface area (Å²) in [6, 6.07) is 16.8. The van der Waals surface area contributed by atoms with E-state index in [4.69, 9.17) is 0 Å². The SMILES string of the molecule is O=C(NCC(=O)N1CCSc2ccccc21)c1ccccc1. The average molecular weight is 312 g/mol. The van der Waals surface area contributed by atoms with Crippen LogP contribution < -0.4 is 10.2 Å². The first kappa shape index (κ1) is 14.7. The molecule has 0 atom stereocenters. The Bertz CT molecular complexity index is 688. The molecular formula is C17H16N2O2S. The molecule has 22 heavy (non-hydrogen) atoms. The molecule has 1 aliphatic rings. The quantitative estimate of drug-likeness (QED) is 0.947. The molecule has 1 N–H and O–H groups in total. The summed E-state index contributed by atoms with van der Waals surface area (Å²) >= 11 is 1.75. The monoisotopic (exact) mass is 312 g/mol. The minimum absolute atomic E-state index is 0.00668. The largest absolute Gasteiger partial charge is 0.343 e. The highest BCUT2D eigenvalue weighted by Crippen LogP contribution is 2.34. The van der Waals surface area contributed by atoms with Gasteiger partial charge in [0.15, 0.2) is 0 Å². The third kappa shape index (κ3) is 3.14. The number of benzene rings is 2. The minimum Gasteiger partial charge on any atom is -0.343 e. The first-order valence-electron chi connectivity index (χ1n) is 7.11. The van der Waals surface area contributed by atoms with E-state index in [0.29, 0.717) is 12.1 Å². The van der Waals surface area contributed by atoms with Gasteiger partial charge in [-0.3, -0.25) is 9.59 Å². The fraction of sp³-hybridized carbons (Fsp3) is 0.176. The summed E-state index contributed by atoms with van der Waals surface area (Å²) in [7, 11) is 0. The molecule has 0 unspecified atom stereocenters. The number of thioether (sulfide) groups is 1. The second-order valence-corrected chi connectivity index (χ2v) is 6.05. The predicted octanol–water partition coefficient (Wildman–Crippen LogP) is 2.56. The van der Waals surface area contributed by atoms with Crippen molar-refractivity contribution in [3.05, 3.63) is 60.2 Å². The summed E-state index contributed by atoms with van der Waals surface area (Å²) in [6.45, 7) is 0.675. The van der Waals surface area contributed by atoms with Crippen molar-refractivity contribution in [2.24, 2.45) is 0 Å². The normalized spacial score (nSPS) is 13.4. The number of hydrogen-bond acceptors (Lipinski definition) is 3. The molecule has 0 bridgehead atoms. The molecule has 0 radical (unpaired) electrons. The lowest BCUT2D eigenvalue weighted by atomic mass is 10.2. The molecule has 5 heteroatoms. The zero-order valence-electron chi connectivity index (χ0n) is 12.0. The third-order valence-corrected chi connectivity index (χ3v) is 4.51. The maximum atomic E-state index is 12.4. The summed E-state index contributed by atoms with van der Waals surface area (Å²) in [5.74, 6) is 0.556. The Morgan fingerprint density at radius 1 is 1.05 bits per heavy atom. The Morgan fingerprint density at radius 3 is 2.59 bits per heavy atom. The standard InChI is InChI=1S/C17H16N2O2S/c20-16(12-18-17(21)13-6-2-1-3-7-13)19-10-11-22-15-9-5-4-8-14(15)19/h1-9H,10-12H2,(H,18,21). The topological polar surface area (TPSA) is 49.4 Å². The Morgan fingerprint density at radius 2 is 1.77 bits per heavy atom. The summed E-state index contributed by atoms with van der Waals surface area (Å²) in [5, 5.41) is 2.69. The number of hydrogen-bond donors (Lipinski definition) is 1. The number of amides is 2. The second kappa shape index (κ2) is 6.66. The fourth-order valence-electron chi connectivity index (χ4n) is 2.37. The average Bonchev–Trinajstić information content (AvgIpc) is 2.59. The van der Waals surface area contributed by atoms with Crippen molar-refractivity contribution in [1.29, 1.82) is 0 Å². The van der Waals surface area contributed by atoms with Crippen LogP contribution in [-0.2, 0) is 4.79 Å². The van der Waals surface area contributed by atoms with Crippen molar-refractivity contribution < 1.29 is 9.59 Å². The molecule has 1 aliphatic heterocycles. The van der Waals surface area contributed by atoms with Crippen LogP contribution in [0.5, 0.6) is 0 Å². The van der Waals surface area contributed by atoms with Gasteiger partial charge < -0.3 is 10.2 Å². The molecule has 0 aromatic heterocycles. The lowest BCUT2D eigenvalue weighted by Gasteiger charge is -2.29. The lowest BCUT2D eigenvalue weighted by Crippen LogP contribution is -2.42. The molecule has 0 saturated heterocycles. The highest BCUT2D eigenvalue weighted by molar-refractivity contribution is 7.99. The number of rotatable bonds is 3. The molecule has 2 amide bonds. The Balaban J connectivity index is 1.65. The smallest absolute Gasteiger partial charge is 0.251 e. The van der Waals surface area contributed by atoms with E-state index >= 15 is 0 Å². The van der Waals surface area contributed by atoms with E-state index in [0.717, 1.165) is 16.3 Å². The van der Waals surface area contributed by atoms with Crippen molar-refractivity contribution in [1.82, 2.24) is 5.32 Å². The van der Waals surface area contributed by atoms with Crippen LogP contribution in [0.25, 0.3) is 0 Å². The molecule has 4 nitrogen and oxygen atoms in total. The van der Waals surface area contributed by atoms with E-state index in [-0.39, 0.29) is 18.4 Å². The number of para-hydroxylation sites is 1. The van der Waals surface area contributed by atoms with E-state index in [1.54, 1.807) is 40.9 Å². The predicted molar refractivity (Wildman–Crippen MR) is 88.3 cm³/mol. The van der Waals surface area contributed by atoms with E-state index in [2.05, 4.69) is 5.32 Å². The van der Waals surface area contributed by atoms with Crippen molar-refractivity contribution in [3.8, 4) is 0 Å². The van der Waals surface area contributed by atoms with Gasteiger partial charge in [-0.1, -0.05) is 30.3 Å². The number of fused-ring (bicyclic) bond motifs is 1. The summed E-state index contributed by atoms with van der Waals surface area (Å²) < 4.78 is 0. The molecule has 1 heterocycles. The highest BCUT2D eigenvalue weighted by Gasteiger charge is 2.22. The lowest BCUT2D eigenvalue weighted by molar-refractivity contribution is -0.117. The first-order valence-corrected chi connectivity index (χ1v) is 8.10. The van der Waals surface area contributed by atoms with Gasteiger partial charge in [0.1, 0.15) is 0 Å². The van der Waals surface area contributed by atoms with Crippen LogP contribution in [0.2, 0.25) is 0 Å². The van der Waals surface area contributed by atoms with Crippen LogP contribution in [0, 0.1) is 0 Å². The van der Waals surface area contributed by atoms with E-state index in [1.165, 1.54) is 0 Å². The second-order valence-electron chi connectivity index (χ2n) is 4.91. The van der Waals surface area contributed by atoms with Gasteiger partial charge in [-0.25, -0.2) is 0 Å². The van der Waals surface area contributed by atoms with Gasteiger partial charge in [0.2, 0.25) is 5.91 Å². The number of nitrogens with zero attached hydrogens (tertiary/aromatic N) is 1. The zero-order chi connectivity index (χ0) is 15.4. The van der Waals surface area contributed by atoms with Gasteiger partial charge in [0.05, 0.1) is 12.2 Å². The van der Waals surface area contributed by atoms with Gasteiger partial charge in [0.25, 0.3) is 5.91 Å².